The molecule has 7 heteroatoms. The van der Waals surface area contributed by atoms with Gasteiger partial charge in [-0.3, -0.25) is 9.59 Å². The molecule has 1 fully saturated rings. The van der Waals surface area contributed by atoms with Crippen LogP contribution in [0, 0.1) is 24.6 Å². The van der Waals surface area contributed by atoms with Crippen molar-refractivity contribution in [1.82, 2.24) is 15.2 Å². The van der Waals surface area contributed by atoms with Crippen LogP contribution in [0.4, 0.5) is 4.39 Å². The summed E-state index contributed by atoms with van der Waals surface area (Å²) in [6, 6.07) is 16.0. The normalized spacial score (nSPS) is 15.3. The third-order valence-corrected chi connectivity index (χ3v) is 7.53. The van der Waals surface area contributed by atoms with Gasteiger partial charge in [-0.2, -0.15) is 0 Å². The standard InChI is InChI=1S/C26H28FN3O2S/c1-17(24(31)28-16-19-8-10-22(27)11-9-19)20-12-14-30(15-13-20)26(32)23-18(2)29-25(33-23)21-6-4-3-5-7-21/h3-11,17,20H,12-16H2,1-2H3,(H,28,31). The Bertz CT molecular complexity index is 1110. The highest BCUT2D eigenvalue weighted by atomic mass is 32.1. The molecule has 1 unspecified atom stereocenters. The summed E-state index contributed by atoms with van der Waals surface area (Å²) < 4.78 is 13.0. The first-order valence-corrected chi connectivity index (χ1v) is 12.1. The summed E-state index contributed by atoms with van der Waals surface area (Å²) in [5.41, 5.74) is 2.65. The molecule has 3 aromatic rings. The Hall–Kier alpha value is -3.06. The highest BCUT2D eigenvalue weighted by Crippen LogP contribution is 2.31. The Kier molecular flexibility index (Phi) is 7.18. The molecule has 33 heavy (non-hydrogen) atoms. The molecule has 2 heterocycles. The van der Waals surface area contributed by atoms with Crippen LogP contribution in [0.25, 0.3) is 10.6 Å². The molecule has 4 rings (SSSR count). The third-order valence-electron chi connectivity index (χ3n) is 6.34. The van der Waals surface area contributed by atoms with Crippen molar-refractivity contribution < 1.29 is 14.0 Å². The molecular weight excluding hydrogens is 437 g/mol. The van der Waals surface area contributed by atoms with Crippen LogP contribution in [-0.2, 0) is 11.3 Å². The lowest BCUT2D eigenvalue weighted by molar-refractivity contribution is -0.126. The minimum absolute atomic E-state index is 0.00472. The van der Waals surface area contributed by atoms with E-state index >= 15 is 0 Å². The van der Waals surface area contributed by atoms with Gasteiger partial charge in [-0.05, 0) is 43.4 Å². The Labute approximate surface area is 197 Å². The average Bonchev–Trinajstić information content (AvgIpc) is 3.24. The van der Waals surface area contributed by atoms with Crippen LogP contribution in [0.1, 0.15) is 40.7 Å². The molecule has 1 saturated heterocycles. The van der Waals surface area contributed by atoms with E-state index in [0.717, 1.165) is 34.7 Å². The molecule has 2 aromatic carbocycles. The number of hydrogen-bond acceptors (Lipinski definition) is 4. The maximum Gasteiger partial charge on any atom is 0.265 e. The molecule has 1 aromatic heterocycles. The van der Waals surface area contributed by atoms with Crippen molar-refractivity contribution in [2.75, 3.05) is 13.1 Å². The molecule has 5 nitrogen and oxygen atoms in total. The van der Waals surface area contributed by atoms with E-state index in [1.165, 1.54) is 23.5 Å². The van der Waals surface area contributed by atoms with E-state index in [2.05, 4.69) is 10.3 Å². The number of likely N-dealkylation sites (tertiary alicyclic amines) is 1. The van der Waals surface area contributed by atoms with Crippen LogP contribution in [-0.4, -0.2) is 34.8 Å². The maximum absolute atomic E-state index is 13.1. The van der Waals surface area contributed by atoms with Gasteiger partial charge in [-0.15, -0.1) is 11.3 Å². The molecule has 0 bridgehead atoms. The van der Waals surface area contributed by atoms with Crippen LogP contribution in [0.3, 0.4) is 0 Å². The number of carbonyl (C=O) groups is 2. The Morgan fingerprint density at radius 2 is 1.79 bits per heavy atom. The van der Waals surface area contributed by atoms with E-state index in [4.69, 9.17) is 0 Å². The van der Waals surface area contributed by atoms with E-state index in [1.807, 2.05) is 49.1 Å². The molecule has 1 aliphatic rings. The fraction of sp³-hybridized carbons (Fsp3) is 0.346. The number of rotatable bonds is 6. The number of carbonyl (C=O) groups excluding carboxylic acids is 2. The average molecular weight is 466 g/mol. The van der Waals surface area contributed by atoms with Gasteiger partial charge >= 0.3 is 0 Å². The van der Waals surface area contributed by atoms with E-state index in [9.17, 15) is 14.0 Å². The van der Waals surface area contributed by atoms with Gasteiger partial charge in [0, 0.05) is 31.1 Å². The van der Waals surface area contributed by atoms with Crippen molar-refractivity contribution >= 4 is 23.2 Å². The molecular formula is C26H28FN3O2S. The van der Waals surface area contributed by atoms with Gasteiger partial charge in [0.2, 0.25) is 5.91 Å². The van der Waals surface area contributed by atoms with Gasteiger partial charge in [0.15, 0.2) is 0 Å². The first-order chi connectivity index (χ1) is 15.9. The zero-order valence-corrected chi connectivity index (χ0v) is 19.7. The number of halogens is 1. The van der Waals surface area contributed by atoms with Crippen LogP contribution >= 0.6 is 11.3 Å². The second-order valence-electron chi connectivity index (χ2n) is 8.56. The molecule has 0 aliphatic carbocycles. The summed E-state index contributed by atoms with van der Waals surface area (Å²) >= 11 is 1.44. The smallest absolute Gasteiger partial charge is 0.265 e. The minimum Gasteiger partial charge on any atom is -0.352 e. The molecule has 1 aliphatic heterocycles. The topological polar surface area (TPSA) is 62.3 Å². The number of nitrogens with zero attached hydrogens (tertiary/aromatic N) is 2. The maximum atomic E-state index is 13.1. The van der Waals surface area contributed by atoms with Gasteiger partial charge < -0.3 is 10.2 Å². The van der Waals surface area contributed by atoms with Gasteiger partial charge in [0.25, 0.3) is 5.91 Å². The molecule has 2 amide bonds. The lowest BCUT2D eigenvalue weighted by Crippen LogP contribution is -2.42. The van der Waals surface area contributed by atoms with Crippen molar-refractivity contribution in [2.45, 2.75) is 33.2 Å². The molecule has 1 atom stereocenters. The zero-order valence-electron chi connectivity index (χ0n) is 18.9. The lowest BCUT2D eigenvalue weighted by atomic mass is 9.84. The summed E-state index contributed by atoms with van der Waals surface area (Å²) in [5.74, 6) is -0.180. The molecule has 1 N–H and O–H groups in total. The Morgan fingerprint density at radius 1 is 1.12 bits per heavy atom. The fourth-order valence-corrected chi connectivity index (χ4v) is 5.25. The lowest BCUT2D eigenvalue weighted by Gasteiger charge is -2.34. The highest BCUT2D eigenvalue weighted by molar-refractivity contribution is 7.17. The summed E-state index contributed by atoms with van der Waals surface area (Å²) in [6.45, 7) is 5.49. The Balaban J connectivity index is 1.31. The summed E-state index contributed by atoms with van der Waals surface area (Å²) in [7, 11) is 0. The van der Waals surface area contributed by atoms with Gasteiger partial charge in [-0.1, -0.05) is 49.4 Å². The first kappa shape index (κ1) is 23.1. The van der Waals surface area contributed by atoms with Gasteiger partial charge in [0.05, 0.1) is 5.69 Å². The highest BCUT2D eigenvalue weighted by Gasteiger charge is 2.31. The van der Waals surface area contributed by atoms with Crippen LogP contribution in [0.5, 0.6) is 0 Å². The van der Waals surface area contributed by atoms with Crippen LogP contribution in [0.15, 0.2) is 54.6 Å². The minimum atomic E-state index is -0.287. The van der Waals surface area contributed by atoms with Crippen molar-refractivity contribution in [1.29, 1.82) is 0 Å². The first-order valence-electron chi connectivity index (χ1n) is 11.3. The number of piperidine rings is 1. The predicted molar refractivity (Wildman–Crippen MR) is 128 cm³/mol. The van der Waals surface area contributed by atoms with E-state index in [-0.39, 0.29) is 29.5 Å². The number of hydrogen-bond donors (Lipinski definition) is 1. The van der Waals surface area contributed by atoms with E-state index in [1.54, 1.807) is 12.1 Å². The zero-order chi connectivity index (χ0) is 23.4. The van der Waals surface area contributed by atoms with Gasteiger partial charge in [-0.25, -0.2) is 9.37 Å². The quantitative estimate of drug-likeness (QED) is 0.553. The molecule has 0 spiro atoms. The van der Waals surface area contributed by atoms with Crippen molar-refractivity contribution in [3.63, 3.8) is 0 Å². The third kappa shape index (κ3) is 5.47. The second-order valence-corrected chi connectivity index (χ2v) is 9.56. The van der Waals surface area contributed by atoms with Crippen LogP contribution < -0.4 is 5.32 Å². The van der Waals surface area contributed by atoms with E-state index < -0.39 is 0 Å². The monoisotopic (exact) mass is 465 g/mol. The number of amides is 2. The number of aryl methyl sites for hydroxylation is 1. The SMILES string of the molecule is Cc1nc(-c2ccccc2)sc1C(=O)N1CCC(C(C)C(=O)NCc2ccc(F)cc2)CC1. The summed E-state index contributed by atoms with van der Waals surface area (Å²) in [4.78, 5) is 33.0. The predicted octanol–water partition coefficient (Wildman–Crippen LogP) is 5.06. The largest absolute Gasteiger partial charge is 0.352 e. The second kappa shape index (κ2) is 10.3. The number of benzene rings is 2. The van der Waals surface area contributed by atoms with Crippen molar-refractivity contribution in [3.05, 3.63) is 76.5 Å². The van der Waals surface area contributed by atoms with E-state index in [0.29, 0.717) is 24.5 Å². The molecule has 0 radical (unpaired) electrons. The Morgan fingerprint density at radius 3 is 2.45 bits per heavy atom. The number of nitrogens with one attached hydrogen (secondary N) is 1. The van der Waals surface area contributed by atoms with Crippen LogP contribution in [0.2, 0.25) is 0 Å². The molecule has 172 valence electrons. The number of thiazole rings is 1. The summed E-state index contributed by atoms with van der Waals surface area (Å²) in [6.07, 6.45) is 1.58. The van der Waals surface area contributed by atoms with Crippen molar-refractivity contribution in [3.8, 4) is 10.6 Å². The molecule has 0 saturated carbocycles. The number of aromatic nitrogens is 1. The van der Waals surface area contributed by atoms with Crippen molar-refractivity contribution in [2.24, 2.45) is 11.8 Å². The van der Waals surface area contributed by atoms with Gasteiger partial charge in [0.1, 0.15) is 15.7 Å². The fourth-order valence-electron chi connectivity index (χ4n) is 4.21. The summed E-state index contributed by atoms with van der Waals surface area (Å²) in [5, 5.41) is 3.81.